The first-order chi connectivity index (χ1) is 14.4. The molecule has 0 unspecified atom stereocenters. The minimum absolute atomic E-state index is 0.0535. The zero-order chi connectivity index (χ0) is 21.6. The van der Waals surface area contributed by atoms with Gasteiger partial charge in [-0.2, -0.15) is 9.57 Å². The summed E-state index contributed by atoms with van der Waals surface area (Å²) in [5.74, 6) is -0.690. The molecule has 2 aromatic carbocycles. The summed E-state index contributed by atoms with van der Waals surface area (Å²) in [6.07, 6.45) is 0.296. The van der Waals surface area contributed by atoms with E-state index in [2.05, 4.69) is 5.32 Å². The van der Waals surface area contributed by atoms with Crippen molar-refractivity contribution in [1.29, 1.82) is 5.26 Å². The second-order valence-corrected chi connectivity index (χ2v) is 9.07. The molecule has 1 N–H and O–H groups in total. The monoisotopic (exact) mass is 430 g/mol. The van der Waals surface area contributed by atoms with Crippen LogP contribution in [0.3, 0.4) is 0 Å². The van der Waals surface area contributed by atoms with Crippen molar-refractivity contribution in [3.05, 3.63) is 65.5 Å². The van der Waals surface area contributed by atoms with Crippen LogP contribution in [-0.4, -0.2) is 57.1 Å². The number of halogens is 1. The summed E-state index contributed by atoms with van der Waals surface area (Å²) >= 11 is 0. The van der Waals surface area contributed by atoms with Crippen LogP contribution in [-0.2, 0) is 10.0 Å². The number of amides is 1. The summed E-state index contributed by atoms with van der Waals surface area (Å²) in [5.41, 5.74) is 1.63. The molecule has 7 nitrogen and oxygen atoms in total. The van der Waals surface area contributed by atoms with Gasteiger partial charge in [0.15, 0.2) is 0 Å². The largest absolute Gasteiger partial charge is 0.369 e. The molecule has 1 amide bonds. The molecule has 1 fully saturated rings. The molecular weight excluding hydrogens is 407 g/mol. The second kappa shape index (κ2) is 9.69. The standard InChI is InChI=1S/C21H23FN4O3S/c22-19-5-7-20(8-6-19)25-10-12-26(13-11-25)30(28,29)14-2-9-24-21(27)18-4-1-3-17(15-18)16-23/h1,3-8,15H,2,9-14H2,(H,24,27). The molecule has 1 heterocycles. The first-order valence-corrected chi connectivity index (χ1v) is 11.3. The number of nitrogens with one attached hydrogen (secondary N) is 1. The van der Waals surface area contributed by atoms with Gasteiger partial charge in [0.25, 0.3) is 5.91 Å². The van der Waals surface area contributed by atoms with Crippen molar-refractivity contribution >= 4 is 21.6 Å². The van der Waals surface area contributed by atoms with Crippen LogP contribution in [0.15, 0.2) is 48.5 Å². The third-order valence-corrected chi connectivity index (χ3v) is 6.90. The van der Waals surface area contributed by atoms with Gasteiger partial charge in [-0.25, -0.2) is 12.8 Å². The molecule has 0 saturated carbocycles. The first kappa shape index (κ1) is 21.7. The zero-order valence-electron chi connectivity index (χ0n) is 16.4. The average molecular weight is 431 g/mol. The van der Waals surface area contributed by atoms with Gasteiger partial charge in [0.1, 0.15) is 5.82 Å². The predicted molar refractivity (Wildman–Crippen MR) is 112 cm³/mol. The average Bonchev–Trinajstić information content (AvgIpc) is 2.77. The minimum Gasteiger partial charge on any atom is -0.369 e. The van der Waals surface area contributed by atoms with Crippen molar-refractivity contribution in [2.75, 3.05) is 43.4 Å². The predicted octanol–water partition coefficient (Wildman–Crippen LogP) is 1.97. The molecule has 158 valence electrons. The highest BCUT2D eigenvalue weighted by Gasteiger charge is 2.26. The fourth-order valence-electron chi connectivity index (χ4n) is 3.29. The molecule has 0 aromatic heterocycles. The zero-order valence-corrected chi connectivity index (χ0v) is 17.2. The Balaban J connectivity index is 1.44. The van der Waals surface area contributed by atoms with Crippen molar-refractivity contribution in [3.63, 3.8) is 0 Å². The molecule has 0 aliphatic carbocycles. The van der Waals surface area contributed by atoms with E-state index in [-0.39, 0.29) is 24.0 Å². The maximum atomic E-state index is 13.1. The van der Waals surface area contributed by atoms with Crippen LogP contribution in [0.25, 0.3) is 0 Å². The lowest BCUT2D eigenvalue weighted by Crippen LogP contribution is -2.49. The summed E-state index contributed by atoms with van der Waals surface area (Å²) in [4.78, 5) is 14.2. The van der Waals surface area contributed by atoms with Crippen molar-refractivity contribution < 1.29 is 17.6 Å². The third kappa shape index (κ3) is 5.55. The van der Waals surface area contributed by atoms with Crippen LogP contribution in [0.1, 0.15) is 22.3 Å². The molecule has 1 saturated heterocycles. The summed E-state index contributed by atoms with van der Waals surface area (Å²) in [6.45, 7) is 2.04. The highest BCUT2D eigenvalue weighted by atomic mass is 32.2. The first-order valence-electron chi connectivity index (χ1n) is 9.66. The highest BCUT2D eigenvalue weighted by molar-refractivity contribution is 7.89. The third-order valence-electron chi connectivity index (χ3n) is 4.94. The van der Waals surface area contributed by atoms with Crippen molar-refractivity contribution in [1.82, 2.24) is 9.62 Å². The maximum Gasteiger partial charge on any atom is 0.251 e. The Morgan fingerprint density at radius 3 is 2.47 bits per heavy atom. The normalized spacial score (nSPS) is 14.9. The van der Waals surface area contributed by atoms with Gasteiger partial charge in [-0.05, 0) is 48.9 Å². The SMILES string of the molecule is N#Cc1cccc(C(=O)NCCCS(=O)(=O)N2CCN(c3ccc(F)cc3)CC2)c1. The smallest absolute Gasteiger partial charge is 0.251 e. The Kier molecular flexibility index (Phi) is 7.03. The molecule has 0 radical (unpaired) electrons. The van der Waals surface area contributed by atoms with E-state index in [1.807, 2.05) is 11.0 Å². The fraction of sp³-hybridized carbons (Fsp3) is 0.333. The van der Waals surface area contributed by atoms with Crippen molar-refractivity contribution in [3.8, 4) is 6.07 Å². The van der Waals surface area contributed by atoms with Crippen molar-refractivity contribution in [2.24, 2.45) is 0 Å². The molecule has 1 aliphatic rings. The van der Waals surface area contributed by atoms with E-state index in [0.717, 1.165) is 5.69 Å². The van der Waals surface area contributed by atoms with Gasteiger partial charge in [0.05, 0.1) is 17.4 Å². The quantitative estimate of drug-likeness (QED) is 0.678. The lowest BCUT2D eigenvalue weighted by atomic mass is 10.1. The molecule has 30 heavy (non-hydrogen) atoms. The molecular formula is C21H23FN4O3S. The molecule has 0 atom stereocenters. The fourth-order valence-corrected chi connectivity index (χ4v) is 4.78. The number of piperazine rings is 1. The van der Waals surface area contributed by atoms with Gasteiger partial charge in [-0.15, -0.1) is 0 Å². The van der Waals surface area contributed by atoms with E-state index in [1.165, 1.54) is 22.5 Å². The summed E-state index contributed by atoms with van der Waals surface area (Å²) in [6, 6.07) is 14.5. The van der Waals surface area contributed by atoms with Crippen LogP contribution in [0, 0.1) is 17.1 Å². The number of hydrogen-bond acceptors (Lipinski definition) is 5. The number of carbonyl (C=O) groups is 1. The van der Waals surface area contributed by atoms with Gasteiger partial charge in [-0.3, -0.25) is 4.79 Å². The van der Waals surface area contributed by atoms with Gasteiger partial charge >= 0.3 is 0 Å². The number of sulfonamides is 1. The molecule has 0 spiro atoms. The number of nitrogens with zero attached hydrogens (tertiary/aromatic N) is 3. The summed E-state index contributed by atoms with van der Waals surface area (Å²) in [7, 11) is -3.42. The number of benzene rings is 2. The summed E-state index contributed by atoms with van der Waals surface area (Å²) in [5, 5.41) is 11.6. The lowest BCUT2D eigenvalue weighted by Gasteiger charge is -2.35. The van der Waals surface area contributed by atoms with E-state index < -0.39 is 10.0 Å². The number of anilines is 1. The van der Waals surface area contributed by atoms with Crippen LogP contribution >= 0.6 is 0 Å². The van der Waals surface area contributed by atoms with E-state index in [0.29, 0.717) is 43.7 Å². The lowest BCUT2D eigenvalue weighted by molar-refractivity contribution is 0.0953. The molecule has 0 bridgehead atoms. The molecule has 3 rings (SSSR count). The molecule has 2 aromatic rings. The van der Waals surface area contributed by atoms with Crippen LogP contribution in [0.5, 0.6) is 0 Å². The Bertz CT molecular complexity index is 1030. The van der Waals surface area contributed by atoms with Crippen LogP contribution < -0.4 is 10.2 Å². The van der Waals surface area contributed by atoms with Gasteiger partial charge in [0, 0.05) is 44.0 Å². The van der Waals surface area contributed by atoms with E-state index in [1.54, 1.807) is 30.3 Å². The minimum atomic E-state index is -3.42. The second-order valence-electron chi connectivity index (χ2n) is 6.98. The van der Waals surface area contributed by atoms with Crippen LogP contribution in [0.2, 0.25) is 0 Å². The highest BCUT2D eigenvalue weighted by Crippen LogP contribution is 2.18. The van der Waals surface area contributed by atoms with Crippen molar-refractivity contribution in [2.45, 2.75) is 6.42 Å². The Labute approximate surface area is 175 Å². The molecule has 1 aliphatic heterocycles. The molecule has 9 heteroatoms. The Morgan fingerprint density at radius 1 is 1.10 bits per heavy atom. The van der Waals surface area contributed by atoms with Gasteiger partial charge in [-0.1, -0.05) is 6.07 Å². The van der Waals surface area contributed by atoms with Crippen LogP contribution in [0.4, 0.5) is 10.1 Å². The van der Waals surface area contributed by atoms with Gasteiger partial charge in [0.2, 0.25) is 10.0 Å². The number of carbonyl (C=O) groups excluding carboxylic acids is 1. The number of nitriles is 1. The Hall–Kier alpha value is -2.96. The van der Waals surface area contributed by atoms with E-state index >= 15 is 0 Å². The summed E-state index contributed by atoms with van der Waals surface area (Å²) < 4.78 is 39.7. The number of hydrogen-bond donors (Lipinski definition) is 1. The van der Waals surface area contributed by atoms with E-state index in [4.69, 9.17) is 5.26 Å². The van der Waals surface area contributed by atoms with Gasteiger partial charge < -0.3 is 10.2 Å². The topological polar surface area (TPSA) is 93.5 Å². The maximum absolute atomic E-state index is 13.1. The number of rotatable bonds is 7. The van der Waals surface area contributed by atoms with E-state index in [9.17, 15) is 17.6 Å². The Morgan fingerprint density at radius 2 is 1.80 bits per heavy atom.